The van der Waals surface area contributed by atoms with Crippen LogP contribution in [0.25, 0.3) is 0 Å². The molecule has 5 heteroatoms. The van der Waals surface area contributed by atoms with Crippen LogP contribution in [0.1, 0.15) is 27.7 Å². The van der Waals surface area contributed by atoms with Crippen molar-refractivity contribution in [3.63, 3.8) is 0 Å². The third kappa shape index (κ3) is 3.73. The number of carbonyl (C=O) groups is 2. The minimum absolute atomic E-state index is 0.299. The second kappa shape index (κ2) is 7.53. The number of hydrogen-bond acceptors (Lipinski definition) is 3. The van der Waals surface area contributed by atoms with Gasteiger partial charge in [0.15, 0.2) is 0 Å². The van der Waals surface area contributed by atoms with Gasteiger partial charge in [-0.3, -0.25) is 4.79 Å². The van der Waals surface area contributed by atoms with Gasteiger partial charge >= 0.3 is 6.03 Å². The summed E-state index contributed by atoms with van der Waals surface area (Å²) in [6, 6.07) is 6.64. The molecule has 0 bridgehead atoms. The van der Waals surface area contributed by atoms with E-state index in [1.165, 1.54) is 11.8 Å². The molecule has 0 fully saturated rings. The fourth-order valence-corrected chi connectivity index (χ4v) is 1.92. The van der Waals surface area contributed by atoms with Crippen molar-refractivity contribution in [1.82, 2.24) is 4.90 Å². The summed E-state index contributed by atoms with van der Waals surface area (Å²) in [6.45, 7) is 8.77. The van der Waals surface area contributed by atoms with Crippen LogP contribution in [0, 0.1) is 0 Å². The predicted molar refractivity (Wildman–Crippen MR) is 79.1 cm³/mol. The molecule has 0 heterocycles. The highest BCUT2D eigenvalue weighted by Crippen LogP contribution is 2.21. The van der Waals surface area contributed by atoms with Gasteiger partial charge in [-0.1, -0.05) is 0 Å². The number of imide groups is 1. The molecule has 0 spiro atoms. The van der Waals surface area contributed by atoms with Crippen LogP contribution >= 0.6 is 0 Å². The molecule has 0 aromatic heterocycles. The maximum Gasteiger partial charge on any atom is 0.331 e. The van der Waals surface area contributed by atoms with E-state index in [0.29, 0.717) is 25.4 Å². The first kappa shape index (κ1) is 16.0. The number of urea groups is 1. The van der Waals surface area contributed by atoms with Crippen LogP contribution in [0.15, 0.2) is 24.3 Å². The molecule has 0 N–H and O–H groups in total. The molecule has 3 amide bonds. The fraction of sp³-hybridized carbons (Fsp3) is 0.467. The van der Waals surface area contributed by atoms with Crippen molar-refractivity contribution >= 4 is 17.6 Å². The average molecular weight is 278 g/mol. The summed E-state index contributed by atoms with van der Waals surface area (Å²) >= 11 is 0. The molecule has 1 aromatic rings. The van der Waals surface area contributed by atoms with Crippen molar-refractivity contribution < 1.29 is 14.3 Å². The molecule has 20 heavy (non-hydrogen) atoms. The summed E-state index contributed by atoms with van der Waals surface area (Å²) in [5.41, 5.74) is 0.554. The molecule has 0 saturated carbocycles. The van der Waals surface area contributed by atoms with E-state index in [1.807, 2.05) is 20.8 Å². The van der Waals surface area contributed by atoms with E-state index in [4.69, 9.17) is 4.74 Å². The number of anilines is 1. The maximum absolute atomic E-state index is 12.4. The molecule has 0 aliphatic carbocycles. The number of hydrogen-bond donors (Lipinski definition) is 0. The Kier molecular flexibility index (Phi) is 6.03. The predicted octanol–water partition coefficient (Wildman–Crippen LogP) is 2.90. The molecule has 110 valence electrons. The summed E-state index contributed by atoms with van der Waals surface area (Å²) in [6.07, 6.45) is 0. The molecule has 0 unspecified atom stereocenters. The number of rotatable bonds is 5. The standard InChI is InChI=1S/C15H22N2O3/c1-5-16(6-2)15(19)17(12(4)18)13-8-10-14(11-9-13)20-7-3/h8-11H,5-7H2,1-4H3. The highest BCUT2D eigenvalue weighted by Gasteiger charge is 2.24. The van der Waals surface area contributed by atoms with Crippen molar-refractivity contribution in [1.29, 1.82) is 0 Å². The number of benzene rings is 1. The lowest BCUT2D eigenvalue weighted by Crippen LogP contribution is -2.45. The number of nitrogens with zero attached hydrogens (tertiary/aromatic N) is 2. The Bertz CT molecular complexity index is 453. The lowest BCUT2D eigenvalue weighted by Gasteiger charge is -2.27. The fourth-order valence-electron chi connectivity index (χ4n) is 1.92. The monoisotopic (exact) mass is 278 g/mol. The highest BCUT2D eigenvalue weighted by molar-refractivity contribution is 6.13. The van der Waals surface area contributed by atoms with Crippen molar-refractivity contribution in [3.05, 3.63) is 24.3 Å². The Morgan fingerprint density at radius 1 is 1.05 bits per heavy atom. The van der Waals surface area contributed by atoms with Gasteiger partial charge in [0.2, 0.25) is 5.91 Å². The molecular weight excluding hydrogens is 256 g/mol. The van der Waals surface area contributed by atoms with Crippen LogP contribution in [-0.4, -0.2) is 36.5 Å². The van der Waals surface area contributed by atoms with Crippen LogP contribution in [0.5, 0.6) is 5.75 Å². The summed E-state index contributed by atoms with van der Waals surface area (Å²) in [5, 5.41) is 0. The van der Waals surface area contributed by atoms with E-state index >= 15 is 0 Å². The third-order valence-electron chi connectivity index (χ3n) is 2.95. The zero-order valence-electron chi connectivity index (χ0n) is 12.5. The Labute approximate surface area is 120 Å². The molecule has 0 aliphatic heterocycles. The van der Waals surface area contributed by atoms with Crippen molar-refractivity contribution in [3.8, 4) is 5.75 Å². The number of amides is 3. The van der Waals surface area contributed by atoms with Crippen molar-refractivity contribution in [2.45, 2.75) is 27.7 Å². The van der Waals surface area contributed by atoms with Gasteiger partial charge in [0.1, 0.15) is 5.75 Å². The number of carbonyl (C=O) groups excluding carboxylic acids is 2. The Morgan fingerprint density at radius 3 is 2.00 bits per heavy atom. The molecule has 0 radical (unpaired) electrons. The van der Waals surface area contributed by atoms with E-state index in [1.54, 1.807) is 29.2 Å². The molecule has 0 atom stereocenters. The van der Waals surface area contributed by atoms with Crippen LogP contribution in [0.3, 0.4) is 0 Å². The van der Waals surface area contributed by atoms with E-state index in [0.717, 1.165) is 5.75 Å². The highest BCUT2D eigenvalue weighted by atomic mass is 16.5. The van der Waals surface area contributed by atoms with Gasteiger partial charge in [0.05, 0.1) is 12.3 Å². The topological polar surface area (TPSA) is 49.9 Å². The summed E-state index contributed by atoms with van der Waals surface area (Å²) in [7, 11) is 0. The van der Waals surface area contributed by atoms with Crippen molar-refractivity contribution in [2.24, 2.45) is 0 Å². The van der Waals surface area contributed by atoms with Gasteiger partial charge in [-0.05, 0) is 45.0 Å². The van der Waals surface area contributed by atoms with Crippen LogP contribution in [0.4, 0.5) is 10.5 Å². The zero-order valence-corrected chi connectivity index (χ0v) is 12.5. The SMILES string of the molecule is CCOc1ccc(N(C(C)=O)C(=O)N(CC)CC)cc1. The third-order valence-corrected chi connectivity index (χ3v) is 2.95. The second-order valence-electron chi connectivity index (χ2n) is 4.24. The Balaban J connectivity index is 3.01. The van der Waals surface area contributed by atoms with E-state index < -0.39 is 0 Å². The van der Waals surface area contributed by atoms with Gasteiger partial charge in [-0.15, -0.1) is 0 Å². The smallest absolute Gasteiger partial charge is 0.331 e. The molecule has 0 aliphatic rings. The van der Waals surface area contributed by atoms with E-state index in [9.17, 15) is 9.59 Å². The molecule has 1 aromatic carbocycles. The van der Waals surface area contributed by atoms with Crippen LogP contribution in [0.2, 0.25) is 0 Å². The normalized spacial score (nSPS) is 10.0. The Hall–Kier alpha value is -2.04. The van der Waals surface area contributed by atoms with E-state index in [-0.39, 0.29) is 11.9 Å². The first-order valence-electron chi connectivity index (χ1n) is 6.87. The largest absolute Gasteiger partial charge is 0.494 e. The molecule has 0 saturated heterocycles. The minimum Gasteiger partial charge on any atom is -0.494 e. The van der Waals surface area contributed by atoms with Crippen LogP contribution < -0.4 is 9.64 Å². The van der Waals surface area contributed by atoms with E-state index in [2.05, 4.69) is 0 Å². The lowest BCUT2D eigenvalue weighted by molar-refractivity contribution is -0.116. The molecular formula is C15H22N2O3. The second-order valence-corrected chi connectivity index (χ2v) is 4.24. The average Bonchev–Trinajstić information content (AvgIpc) is 2.42. The van der Waals surface area contributed by atoms with Gasteiger partial charge in [-0.25, -0.2) is 9.69 Å². The maximum atomic E-state index is 12.4. The van der Waals surface area contributed by atoms with Gasteiger partial charge < -0.3 is 9.64 Å². The molecule has 1 rings (SSSR count). The van der Waals surface area contributed by atoms with Crippen molar-refractivity contribution in [2.75, 3.05) is 24.6 Å². The van der Waals surface area contributed by atoms with Crippen LogP contribution in [-0.2, 0) is 4.79 Å². The van der Waals surface area contributed by atoms with Gasteiger partial charge in [0.25, 0.3) is 0 Å². The summed E-state index contributed by atoms with van der Waals surface area (Å²) in [4.78, 5) is 26.9. The molecule has 5 nitrogen and oxygen atoms in total. The Morgan fingerprint density at radius 2 is 1.60 bits per heavy atom. The zero-order chi connectivity index (χ0) is 15.1. The minimum atomic E-state index is -0.300. The summed E-state index contributed by atoms with van der Waals surface area (Å²) < 4.78 is 5.35. The van der Waals surface area contributed by atoms with Gasteiger partial charge in [0, 0.05) is 20.0 Å². The van der Waals surface area contributed by atoms with Gasteiger partial charge in [-0.2, -0.15) is 0 Å². The first-order chi connectivity index (χ1) is 9.54. The summed E-state index contributed by atoms with van der Waals surface area (Å²) in [5.74, 6) is 0.418. The number of ether oxygens (including phenoxy) is 1. The quantitative estimate of drug-likeness (QED) is 0.832. The lowest BCUT2D eigenvalue weighted by atomic mass is 10.2. The first-order valence-corrected chi connectivity index (χ1v) is 6.87.